The lowest BCUT2D eigenvalue weighted by atomic mass is 9.94. The Hall–Kier alpha value is -0.940. The number of thioether (sulfide) groups is 1. The van der Waals surface area contributed by atoms with Crippen molar-refractivity contribution in [1.82, 2.24) is 9.55 Å². The van der Waals surface area contributed by atoms with Crippen molar-refractivity contribution in [3.05, 3.63) is 23.0 Å². The van der Waals surface area contributed by atoms with Gasteiger partial charge in [-0.2, -0.15) is 11.8 Å². The first kappa shape index (κ1) is 14.0. The minimum absolute atomic E-state index is 0.509. The predicted octanol–water partition coefficient (Wildman–Crippen LogP) is 4.55. The highest BCUT2D eigenvalue weighted by Gasteiger charge is 2.24. The van der Waals surface area contributed by atoms with E-state index in [2.05, 4.69) is 21.9 Å². The number of benzene rings is 1. The Morgan fingerprint density at radius 1 is 1.40 bits per heavy atom. The molecule has 1 heterocycles. The summed E-state index contributed by atoms with van der Waals surface area (Å²) < 4.78 is 8.55. The van der Waals surface area contributed by atoms with Crippen LogP contribution in [0, 0.1) is 4.77 Å². The molecule has 0 aliphatic heterocycles. The van der Waals surface area contributed by atoms with E-state index in [0.717, 1.165) is 21.3 Å². The van der Waals surface area contributed by atoms with E-state index in [1.807, 2.05) is 23.9 Å². The molecule has 1 aromatic carbocycles. The minimum Gasteiger partial charge on any atom is -0.494 e. The lowest BCUT2D eigenvalue weighted by Crippen LogP contribution is -2.20. The summed E-state index contributed by atoms with van der Waals surface area (Å²) in [7, 11) is 1.70. The maximum Gasteiger partial charge on any atom is 0.178 e. The molecule has 0 spiro atoms. The van der Waals surface area contributed by atoms with Gasteiger partial charge in [0.1, 0.15) is 11.3 Å². The van der Waals surface area contributed by atoms with Crippen LogP contribution in [0.3, 0.4) is 0 Å². The molecular formula is C15H20N2OS2. The van der Waals surface area contributed by atoms with Gasteiger partial charge in [0.15, 0.2) is 4.77 Å². The summed E-state index contributed by atoms with van der Waals surface area (Å²) in [5.41, 5.74) is 2.19. The van der Waals surface area contributed by atoms with Crippen LogP contribution in [-0.4, -0.2) is 28.2 Å². The van der Waals surface area contributed by atoms with Gasteiger partial charge >= 0.3 is 0 Å². The molecule has 0 saturated heterocycles. The summed E-state index contributed by atoms with van der Waals surface area (Å²) in [4.78, 5) is 3.32. The minimum atomic E-state index is 0.509. The molecule has 20 heavy (non-hydrogen) atoms. The average Bonchev–Trinajstić information content (AvgIpc) is 2.83. The van der Waals surface area contributed by atoms with Gasteiger partial charge in [0, 0.05) is 11.3 Å². The molecule has 1 saturated carbocycles. The molecule has 0 amide bonds. The number of fused-ring (bicyclic) bond motifs is 1. The van der Waals surface area contributed by atoms with Crippen molar-refractivity contribution in [2.24, 2.45) is 0 Å². The van der Waals surface area contributed by atoms with E-state index in [0.29, 0.717) is 6.04 Å². The number of aromatic amines is 1. The normalized spacial score (nSPS) is 23.1. The van der Waals surface area contributed by atoms with E-state index >= 15 is 0 Å². The fourth-order valence-electron chi connectivity index (χ4n) is 3.22. The molecule has 1 aliphatic carbocycles. The van der Waals surface area contributed by atoms with Gasteiger partial charge in [0.2, 0.25) is 0 Å². The maximum absolute atomic E-state index is 5.56. The fourth-order valence-corrected chi connectivity index (χ4v) is 4.39. The van der Waals surface area contributed by atoms with Crippen LogP contribution in [0.1, 0.15) is 31.7 Å². The van der Waals surface area contributed by atoms with Crippen molar-refractivity contribution in [1.29, 1.82) is 0 Å². The van der Waals surface area contributed by atoms with Crippen molar-refractivity contribution < 1.29 is 4.74 Å². The van der Waals surface area contributed by atoms with Crippen molar-refractivity contribution in [3.8, 4) is 5.75 Å². The molecule has 3 rings (SSSR count). The van der Waals surface area contributed by atoms with Crippen LogP contribution in [-0.2, 0) is 0 Å². The largest absolute Gasteiger partial charge is 0.494 e. The Kier molecular flexibility index (Phi) is 4.08. The van der Waals surface area contributed by atoms with Crippen LogP contribution >= 0.6 is 24.0 Å². The van der Waals surface area contributed by atoms with Gasteiger partial charge in [0.05, 0.1) is 12.6 Å². The molecule has 108 valence electrons. The van der Waals surface area contributed by atoms with E-state index < -0.39 is 0 Å². The topological polar surface area (TPSA) is 29.9 Å². The fraction of sp³-hybridized carbons (Fsp3) is 0.533. The lowest BCUT2D eigenvalue weighted by molar-refractivity contribution is 0.365. The Bertz CT molecular complexity index is 661. The van der Waals surface area contributed by atoms with Crippen LogP contribution in [0.15, 0.2) is 18.2 Å². The molecule has 0 bridgehead atoms. The summed E-state index contributed by atoms with van der Waals surface area (Å²) in [6.07, 6.45) is 7.25. The highest BCUT2D eigenvalue weighted by molar-refractivity contribution is 7.99. The molecule has 2 aromatic rings. The molecule has 0 radical (unpaired) electrons. The Morgan fingerprint density at radius 2 is 2.25 bits per heavy atom. The molecule has 1 aromatic heterocycles. The van der Waals surface area contributed by atoms with Crippen LogP contribution < -0.4 is 4.74 Å². The highest BCUT2D eigenvalue weighted by Crippen LogP contribution is 2.37. The van der Waals surface area contributed by atoms with Crippen LogP contribution in [0.5, 0.6) is 5.75 Å². The van der Waals surface area contributed by atoms with E-state index in [-0.39, 0.29) is 0 Å². The standard InChI is InChI=1S/C15H20N2OS2/c1-18-13-8-4-7-12-14(13)16-15(19)17(12)10-5-3-6-11(9-10)20-2/h4,7-8,10-11H,3,5-6,9H2,1-2H3,(H,16,19). The van der Waals surface area contributed by atoms with Gasteiger partial charge in [-0.1, -0.05) is 12.5 Å². The number of rotatable bonds is 3. The molecule has 1 fully saturated rings. The van der Waals surface area contributed by atoms with Gasteiger partial charge in [-0.25, -0.2) is 0 Å². The van der Waals surface area contributed by atoms with Crippen LogP contribution in [0.25, 0.3) is 11.0 Å². The molecule has 1 aliphatic rings. The number of para-hydroxylation sites is 1. The third-order valence-corrected chi connectivity index (χ3v) is 5.62. The van der Waals surface area contributed by atoms with Gasteiger partial charge in [-0.15, -0.1) is 0 Å². The number of hydrogen-bond acceptors (Lipinski definition) is 3. The number of hydrogen-bond donors (Lipinski definition) is 1. The van der Waals surface area contributed by atoms with Gasteiger partial charge in [-0.3, -0.25) is 0 Å². The summed E-state index contributed by atoms with van der Waals surface area (Å²) >= 11 is 7.54. The summed E-state index contributed by atoms with van der Waals surface area (Å²) in [6.45, 7) is 0. The first-order chi connectivity index (χ1) is 9.74. The number of aromatic nitrogens is 2. The highest BCUT2D eigenvalue weighted by atomic mass is 32.2. The third kappa shape index (κ3) is 2.37. The number of imidazole rings is 1. The van der Waals surface area contributed by atoms with Crippen molar-refractivity contribution in [2.45, 2.75) is 37.0 Å². The number of nitrogens with zero attached hydrogens (tertiary/aromatic N) is 1. The monoisotopic (exact) mass is 308 g/mol. The molecular weight excluding hydrogens is 288 g/mol. The summed E-state index contributed by atoms with van der Waals surface area (Å²) in [6, 6.07) is 6.65. The quantitative estimate of drug-likeness (QED) is 0.843. The smallest absolute Gasteiger partial charge is 0.178 e. The third-order valence-electron chi connectivity index (χ3n) is 4.23. The second kappa shape index (κ2) is 5.82. The van der Waals surface area contributed by atoms with E-state index in [4.69, 9.17) is 17.0 Å². The van der Waals surface area contributed by atoms with E-state index in [1.165, 1.54) is 31.2 Å². The Labute approximate surface area is 128 Å². The predicted molar refractivity (Wildman–Crippen MR) is 88.5 cm³/mol. The number of methoxy groups -OCH3 is 1. The first-order valence-electron chi connectivity index (χ1n) is 7.04. The molecule has 3 nitrogen and oxygen atoms in total. The lowest BCUT2D eigenvalue weighted by Gasteiger charge is -2.29. The van der Waals surface area contributed by atoms with Crippen LogP contribution in [0.4, 0.5) is 0 Å². The molecule has 1 N–H and O–H groups in total. The zero-order valence-corrected chi connectivity index (χ0v) is 13.5. The van der Waals surface area contributed by atoms with Gasteiger partial charge in [0.25, 0.3) is 0 Å². The second-order valence-corrected chi connectivity index (χ2v) is 6.86. The number of H-pyrrole nitrogens is 1. The number of nitrogens with one attached hydrogen (secondary N) is 1. The first-order valence-corrected chi connectivity index (χ1v) is 8.74. The van der Waals surface area contributed by atoms with Gasteiger partial charge in [-0.05, 0) is 49.9 Å². The van der Waals surface area contributed by atoms with Crippen molar-refractivity contribution in [2.75, 3.05) is 13.4 Å². The average molecular weight is 308 g/mol. The van der Waals surface area contributed by atoms with Crippen molar-refractivity contribution in [3.63, 3.8) is 0 Å². The summed E-state index contributed by atoms with van der Waals surface area (Å²) in [5, 5.41) is 0.756. The SMILES string of the molecule is COc1cccc2c1[nH]c(=S)n2C1CCCC(SC)C1. The second-order valence-electron chi connectivity index (χ2n) is 5.33. The van der Waals surface area contributed by atoms with E-state index in [9.17, 15) is 0 Å². The maximum atomic E-state index is 5.56. The van der Waals surface area contributed by atoms with E-state index in [1.54, 1.807) is 7.11 Å². The molecule has 5 heteroatoms. The molecule has 2 unspecified atom stereocenters. The summed E-state index contributed by atoms with van der Waals surface area (Å²) in [5.74, 6) is 0.865. The number of ether oxygens (including phenoxy) is 1. The van der Waals surface area contributed by atoms with Crippen molar-refractivity contribution >= 4 is 35.0 Å². The Morgan fingerprint density at radius 3 is 3.00 bits per heavy atom. The van der Waals surface area contributed by atoms with Crippen LogP contribution in [0.2, 0.25) is 0 Å². The van der Waals surface area contributed by atoms with Gasteiger partial charge < -0.3 is 14.3 Å². The molecule has 2 atom stereocenters. The Balaban J connectivity index is 2.07. The zero-order chi connectivity index (χ0) is 14.1. The zero-order valence-electron chi connectivity index (χ0n) is 11.9.